The highest BCUT2D eigenvalue weighted by atomic mass is 16.6. The van der Waals surface area contributed by atoms with Crippen LogP contribution in [0.15, 0.2) is 24.3 Å². The summed E-state index contributed by atoms with van der Waals surface area (Å²) >= 11 is 0. The third kappa shape index (κ3) is 7.13. The lowest BCUT2D eigenvalue weighted by atomic mass is 9.92. The molecule has 0 spiro atoms. The molecule has 7 heteroatoms. The van der Waals surface area contributed by atoms with E-state index in [2.05, 4.69) is 9.80 Å². The van der Waals surface area contributed by atoms with E-state index in [4.69, 9.17) is 9.84 Å². The predicted octanol–water partition coefficient (Wildman–Crippen LogP) is 3.93. The van der Waals surface area contributed by atoms with Crippen molar-refractivity contribution in [2.45, 2.75) is 52.1 Å². The zero-order chi connectivity index (χ0) is 22.4. The maximum absolute atomic E-state index is 12.2. The molecule has 2 fully saturated rings. The lowest BCUT2D eigenvalue weighted by molar-refractivity contribution is 0.0179. The molecule has 2 aliphatic heterocycles. The largest absolute Gasteiger partial charge is 0.478 e. The minimum absolute atomic E-state index is 0.179. The van der Waals surface area contributed by atoms with Gasteiger partial charge < -0.3 is 19.6 Å². The van der Waals surface area contributed by atoms with Gasteiger partial charge in [-0.1, -0.05) is 0 Å². The number of nitrogens with zero attached hydrogens (tertiary/aromatic N) is 3. The summed E-state index contributed by atoms with van der Waals surface area (Å²) in [7, 11) is 0. The molecule has 2 aliphatic rings. The first-order valence-corrected chi connectivity index (χ1v) is 11.5. The van der Waals surface area contributed by atoms with E-state index in [1.165, 1.54) is 12.8 Å². The maximum Gasteiger partial charge on any atom is 0.410 e. The Labute approximate surface area is 185 Å². The lowest BCUT2D eigenvalue weighted by Crippen LogP contribution is -2.46. The van der Waals surface area contributed by atoms with E-state index in [1.807, 2.05) is 37.8 Å². The Kier molecular flexibility index (Phi) is 7.81. The SMILES string of the molecule is CC(C)(C)OC(=O)N1CCC(CCCN2CCN(c3ccc(C(=O)O)cc3)CC2)CC1. The van der Waals surface area contributed by atoms with Crippen LogP contribution >= 0.6 is 0 Å². The van der Waals surface area contributed by atoms with Crippen molar-refractivity contribution in [1.82, 2.24) is 9.80 Å². The highest BCUT2D eigenvalue weighted by Gasteiger charge is 2.27. The number of hydrogen-bond acceptors (Lipinski definition) is 5. The van der Waals surface area contributed by atoms with E-state index in [-0.39, 0.29) is 6.09 Å². The number of rotatable bonds is 6. The first kappa shape index (κ1) is 23.4. The van der Waals surface area contributed by atoms with Crippen molar-refractivity contribution in [1.29, 1.82) is 0 Å². The quantitative estimate of drug-likeness (QED) is 0.736. The fourth-order valence-electron chi connectivity index (χ4n) is 4.38. The van der Waals surface area contributed by atoms with E-state index in [0.29, 0.717) is 11.5 Å². The molecular weight excluding hydrogens is 394 g/mol. The summed E-state index contributed by atoms with van der Waals surface area (Å²) in [5.74, 6) is -0.181. The number of amides is 1. The van der Waals surface area contributed by atoms with Gasteiger partial charge in [0.2, 0.25) is 0 Å². The maximum atomic E-state index is 12.2. The van der Waals surface area contributed by atoms with Crippen LogP contribution in [-0.2, 0) is 4.74 Å². The van der Waals surface area contributed by atoms with Crippen LogP contribution in [0.3, 0.4) is 0 Å². The van der Waals surface area contributed by atoms with Crippen LogP contribution in [0.25, 0.3) is 0 Å². The van der Waals surface area contributed by atoms with Gasteiger partial charge in [-0.15, -0.1) is 0 Å². The van der Waals surface area contributed by atoms with Crippen LogP contribution in [0.1, 0.15) is 56.8 Å². The van der Waals surface area contributed by atoms with Gasteiger partial charge in [-0.25, -0.2) is 9.59 Å². The minimum atomic E-state index is -0.883. The van der Waals surface area contributed by atoms with Crippen molar-refractivity contribution >= 4 is 17.7 Å². The van der Waals surface area contributed by atoms with Crippen molar-refractivity contribution < 1.29 is 19.4 Å². The van der Waals surface area contributed by atoms with Gasteiger partial charge in [-0.2, -0.15) is 0 Å². The monoisotopic (exact) mass is 431 g/mol. The summed E-state index contributed by atoms with van der Waals surface area (Å²) in [5, 5.41) is 9.03. The number of benzene rings is 1. The molecule has 31 heavy (non-hydrogen) atoms. The van der Waals surface area contributed by atoms with Crippen LogP contribution in [-0.4, -0.2) is 78.4 Å². The molecule has 0 unspecified atom stereocenters. The van der Waals surface area contributed by atoms with Gasteiger partial charge in [0.25, 0.3) is 0 Å². The minimum Gasteiger partial charge on any atom is -0.478 e. The second kappa shape index (κ2) is 10.4. The summed E-state index contributed by atoms with van der Waals surface area (Å²) in [4.78, 5) is 29.9. The second-order valence-corrected chi connectivity index (χ2v) is 9.73. The molecule has 0 aromatic heterocycles. The van der Waals surface area contributed by atoms with E-state index in [0.717, 1.165) is 64.3 Å². The number of anilines is 1. The third-order valence-corrected chi connectivity index (χ3v) is 6.20. The first-order valence-electron chi connectivity index (χ1n) is 11.5. The Morgan fingerprint density at radius 2 is 1.61 bits per heavy atom. The second-order valence-electron chi connectivity index (χ2n) is 9.73. The summed E-state index contributed by atoms with van der Waals surface area (Å²) in [5.41, 5.74) is 1.00. The van der Waals surface area contributed by atoms with Gasteiger partial charge in [-0.3, -0.25) is 4.90 Å². The Balaban J connectivity index is 1.31. The van der Waals surface area contributed by atoms with Crippen LogP contribution in [0, 0.1) is 5.92 Å². The molecule has 1 amide bonds. The van der Waals surface area contributed by atoms with Crippen molar-refractivity contribution in [3.05, 3.63) is 29.8 Å². The number of carbonyl (C=O) groups is 2. The normalized spacial score (nSPS) is 18.8. The summed E-state index contributed by atoms with van der Waals surface area (Å²) in [6, 6.07) is 7.17. The molecule has 172 valence electrons. The Hall–Kier alpha value is -2.28. The highest BCUT2D eigenvalue weighted by Crippen LogP contribution is 2.24. The number of carbonyl (C=O) groups excluding carboxylic acids is 1. The smallest absolute Gasteiger partial charge is 0.410 e. The zero-order valence-corrected chi connectivity index (χ0v) is 19.2. The number of likely N-dealkylation sites (tertiary alicyclic amines) is 1. The van der Waals surface area contributed by atoms with Crippen LogP contribution in [0.4, 0.5) is 10.5 Å². The molecule has 2 heterocycles. The van der Waals surface area contributed by atoms with Gasteiger partial charge in [-0.05, 0) is 83.2 Å². The van der Waals surface area contributed by atoms with Gasteiger partial charge in [0.1, 0.15) is 5.60 Å². The molecule has 0 bridgehead atoms. The molecule has 0 aliphatic carbocycles. The van der Waals surface area contributed by atoms with Crippen molar-refractivity contribution in [2.24, 2.45) is 5.92 Å². The summed E-state index contributed by atoms with van der Waals surface area (Å²) in [6.07, 6.45) is 4.38. The van der Waals surface area contributed by atoms with Crippen molar-refractivity contribution in [2.75, 3.05) is 50.7 Å². The Bertz CT molecular complexity index is 728. The molecule has 0 saturated carbocycles. The Morgan fingerprint density at radius 3 is 2.16 bits per heavy atom. The van der Waals surface area contributed by atoms with Crippen LogP contribution < -0.4 is 4.90 Å². The van der Waals surface area contributed by atoms with E-state index in [9.17, 15) is 9.59 Å². The average Bonchev–Trinajstić information content (AvgIpc) is 2.73. The highest BCUT2D eigenvalue weighted by molar-refractivity contribution is 5.88. The molecule has 1 aromatic rings. The first-order chi connectivity index (χ1) is 14.7. The van der Waals surface area contributed by atoms with Crippen LogP contribution in [0.2, 0.25) is 0 Å². The summed E-state index contributed by atoms with van der Waals surface area (Å²) in [6.45, 7) is 12.5. The number of aromatic carboxylic acids is 1. The van der Waals surface area contributed by atoms with Crippen molar-refractivity contribution in [3.8, 4) is 0 Å². The predicted molar refractivity (Wildman–Crippen MR) is 122 cm³/mol. The number of ether oxygens (including phenoxy) is 1. The fourth-order valence-corrected chi connectivity index (χ4v) is 4.38. The molecule has 1 N–H and O–H groups in total. The number of piperidine rings is 1. The molecule has 0 atom stereocenters. The average molecular weight is 432 g/mol. The fraction of sp³-hybridized carbons (Fsp3) is 0.667. The molecule has 0 radical (unpaired) electrons. The van der Waals surface area contributed by atoms with E-state index < -0.39 is 11.6 Å². The summed E-state index contributed by atoms with van der Waals surface area (Å²) < 4.78 is 5.48. The molecule has 7 nitrogen and oxygen atoms in total. The van der Waals surface area contributed by atoms with Crippen LogP contribution in [0.5, 0.6) is 0 Å². The standard InChI is InChI=1S/C24H37N3O4/c1-24(2,3)31-23(30)27-13-10-19(11-14-27)5-4-12-25-15-17-26(18-16-25)21-8-6-20(7-9-21)22(28)29/h6-9,19H,4-5,10-18H2,1-3H3,(H,28,29). The van der Waals surface area contributed by atoms with Crippen molar-refractivity contribution in [3.63, 3.8) is 0 Å². The number of hydrogen-bond donors (Lipinski definition) is 1. The van der Waals surface area contributed by atoms with Gasteiger partial charge in [0.05, 0.1) is 5.56 Å². The van der Waals surface area contributed by atoms with Gasteiger partial charge in [0, 0.05) is 45.0 Å². The van der Waals surface area contributed by atoms with E-state index in [1.54, 1.807) is 12.1 Å². The van der Waals surface area contributed by atoms with E-state index >= 15 is 0 Å². The van der Waals surface area contributed by atoms with Gasteiger partial charge in [0.15, 0.2) is 0 Å². The lowest BCUT2D eigenvalue weighted by Gasteiger charge is -2.37. The number of carboxylic acids is 1. The number of piperazine rings is 1. The Morgan fingerprint density at radius 1 is 1.00 bits per heavy atom. The zero-order valence-electron chi connectivity index (χ0n) is 19.2. The molecular formula is C24H37N3O4. The molecule has 2 saturated heterocycles. The number of carboxylic acid groups (broad SMARTS) is 1. The molecule has 3 rings (SSSR count). The topological polar surface area (TPSA) is 73.3 Å². The molecule has 1 aromatic carbocycles. The third-order valence-electron chi connectivity index (χ3n) is 6.20. The van der Waals surface area contributed by atoms with Gasteiger partial charge >= 0.3 is 12.1 Å².